The molecule has 0 radical (unpaired) electrons. The largest absolute Gasteiger partial charge is 0.417 e. The van der Waals surface area contributed by atoms with E-state index in [1.807, 2.05) is 4.90 Å². The maximum Gasteiger partial charge on any atom is 0.417 e. The molecule has 1 aromatic rings. The minimum absolute atomic E-state index is 0.405. The first kappa shape index (κ1) is 13.1. The summed E-state index contributed by atoms with van der Waals surface area (Å²) in [6, 6.07) is 2.51. The molecule has 3 nitrogen and oxygen atoms in total. The SMILES string of the molecule is NCC1CCCN(c2ccc(C(F)(F)F)cn2)C1. The standard InChI is InChI=1S/C12H16F3N3/c13-12(14,15)10-3-4-11(17-7-10)18-5-1-2-9(6-16)8-18/h3-4,7,9H,1-2,5-6,8,16H2. The van der Waals surface area contributed by atoms with E-state index in [2.05, 4.69) is 4.98 Å². The number of pyridine rings is 1. The molecule has 0 aliphatic carbocycles. The number of hydrogen-bond acceptors (Lipinski definition) is 3. The Morgan fingerprint density at radius 1 is 1.39 bits per heavy atom. The molecule has 1 saturated heterocycles. The van der Waals surface area contributed by atoms with Crippen molar-refractivity contribution in [2.75, 3.05) is 24.5 Å². The van der Waals surface area contributed by atoms with Gasteiger partial charge in [-0.15, -0.1) is 0 Å². The third-order valence-corrected chi connectivity index (χ3v) is 3.25. The summed E-state index contributed by atoms with van der Waals surface area (Å²) in [5, 5.41) is 0. The van der Waals surface area contributed by atoms with Crippen molar-refractivity contribution in [1.82, 2.24) is 4.98 Å². The van der Waals surface area contributed by atoms with Gasteiger partial charge in [-0.2, -0.15) is 13.2 Å². The molecule has 1 aromatic heterocycles. The highest BCUT2D eigenvalue weighted by molar-refractivity contribution is 5.40. The number of nitrogens with two attached hydrogens (primary N) is 1. The number of aromatic nitrogens is 1. The van der Waals surface area contributed by atoms with Crippen molar-refractivity contribution in [1.29, 1.82) is 0 Å². The second kappa shape index (κ2) is 5.14. The molecule has 0 bridgehead atoms. The van der Waals surface area contributed by atoms with Gasteiger partial charge in [-0.3, -0.25) is 0 Å². The maximum atomic E-state index is 12.4. The molecule has 100 valence electrons. The fourth-order valence-corrected chi connectivity index (χ4v) is 2.21. The van der Waals surface area contributed by atoms with Crippen molar-refractivity contribution in [3.63, 3.8) is 0 Å². The van der Waals surface area contributed by atoms with E-state index in [1.165, 1.54) is 6.07 Å². The normalized spacial score (nSPS) is 21.1. The minimum Gasteiger partial charge on any atom is -0.356 e. The van der Waals surface area contributed by atoms with Gasteiger partial charge >= 0.3 is 6.18 Å². The van der Waals surface area contributed by atoms with E-state index in [0.29, 0.717) is 18.3 Å². The van der Waals surface area contributed by atoms with Crippen LogP contribution in [0.5, 0.6) is 0 Å². The summed E-state index contributed by atoms with van der Waals surface area (Å²) in [7, 11) is 0. The van der Waals surface area contributed by atoms with Gasteiger partial charge in [0.05, 0.1) is 5.56 Å². The van der Waals surface area contributed by atoms with Crippen LogP contribution in [0.15, 0.2) is 18.3 Å². The van der Waals surface area contributed by atoms with Crippen LogP contribution in [0.4, 0.5) is 19.0 Å². The number of rotatable bonds is 2. The van der Waals surface area contributed by atoms with Crippen molar-refractivity contribution in [3.8, 4) is 0 Å². The molecule has 0 aromatic carbocycles. The molecule has 0 spiro atoms. The Bertz CT molecular complexity index is 389. The highest BCUT2D eigenvalue weighted by Crippen LogP contribution is 2.30. The fraction of sp³-hybridized carbons (Fsp3) is 0.583. The maximum absolute atomic E-state index is 12.4. The van der Waals surface area contributed by atoms with E-state index in [0.717, 1.165) is 38.2 Å². The van der Waals surface area contributed by atoms with Crippen molar-refractivity contribution in [3.05, 3.63) is 23.9 Å². The highest BCUT2D eigenvalue weighted by Gasteiger charge is 2.31. The summed E-state index contributed by atoms with van der Waals surface area (Å²) < 4.78 is 37.2. The highest BCUT2D eigenvalue weighted by atomic mass is 19.4. The molecular formula is C12H16F3N3. The van der Waals surface area contributed by atoms with Gasteiger partial charge in [-0.05, 0) is 37.4 Å². The molecule has 2 heterocycles. The van der Waals surface area contributed by atoms with Crippen molar-refractivity contribution >= 4 is 5.82 Å². The second-order valence-corrected chi connectivity index (χ2v) is 4.59. The Labute approximate surface area is 104 Å². The topological polar surface area (TPSA) is 42.1 Å². The number of anilines is 1. The van der Waals surface area contributed by atoms with Crippen molar-refractivity contribution in [2.24, 2.45) is 11.7 Å². The Hall–Kier alpha value is -1.30. The van der Waals surface area contributed by atoms with Gasteiger partial charge in [0.2, 0.25) is 0 Å². The molecule has 1 unspecified atom stereocenters. The number of alkyl halides is 3. The van der Waals surface area contributed by atoms with Crippen LogP contribution in [0.25, 0.3) is 0 Å². The first-order valence-corrected chi connectivity index (χ1v) is 5.99. The van der Waals surface area contributed by atoms with Crippen LogP contribution in [-0.2, 0) is 6.18 Å². The van der Waals surface area contributed by atoms with Crippen LogP contribution in [0.2, 0.25) is 0 Å². The number of halogens is 3. The Balaban J connectivity index is 2.09. The monoisotopic (exact) mass is 259 g/mol. The molecule has 1 aliphatic rings. The zero-order valence-corrected chi connectivity index (χ0v) is 9.95. The summed E-state index contributed by atoms with van der Waals surface area (Å²) in [6.45, 7) is 2.21. The smallest absolute Gasteiger partial charge is 0.356 e. The van der Waals surface area contributed by atoms with Gasteiger partial charge in [0.1, 0.15) is 5.82 Å². The molecule has 1 aliphatic heterocycles. The van der Waals surface area contributed by atoms with Gasteiger partial charge in [0.25, 0.3) is 0 Å². The third-order valence-electron chi connectivity index (χ3n) is 3.25. The average molecular weight is 259 g/mol. The minimum atomic E-state index is -4.33. The molecule has 6 heteroatoms. The van der Waals surface area contributed by atoms with E-state index in [9.17, 15) is 13.2 Å². The summed E-state index contributed by atoms with van der Waals surface area (Å²) in [5.74, 6) is 1.00. The van der Waals surface area contributed by atoms with E-state index in [-0.39, 0.29) is 0 Å². The number of nitrogens with zero attached hydrogens (tertiary/aromatic N) is 2. The predicted molar refractivity (Wildman–Crippen MR) is 63.2 cm³/mol. The van der Waals surface area contributed by atoms with E-state index in [1.54, 1.807) is 0 Å². The molecular weight excluding hydrogens is 243 g/mol. The van der Waals surface area contributed by atoms with Crippen LogP contribution in [0.1, 0.15) is 18.4 Å². The quantitative estimate of drug-likeness (QED) is 0.886. The van der Waals surface area contributed by atoms with Crippen LogP contribution in [0.3, 0.4) is 0 Å². The molecule has 2 rings (SSSR count). The summed E-state index contributed by atoms with van der Waals surface area (Å²) in [6.07, 6.45) is -1.35. The third kappa shape index (κ3) is 2.93. The van der Waals surface area contributed by atoms with Crippen LogP contribution < -0.4 is 10.6 Å². The second-order valence-electron chi connectivity index (χ2n) is 4.59. The van der Waals surface area contributed by atoms with Crippen molar-refractivity contribution in [2.45, 2.75) is 19.0 Å². The molecule has 0 amide bonds. The van der Waals surface area contributed by atoms with Crippen LogP contribution in [0, 0.1) is 5.92 Å². The van der Waals surface area contributed by atoms with Gasteiger partial charge in [-0.1, -0.05) is 0 Å². The number of piperidine rings is 1. The lowest BCUT2D eigenvalue weighted by Gasteiger charge is -2.33. The zero-order chi connectivity index (χ0) is 13.2. The van der Waals surface area contributed by atoms with Gasteiger partial charge in [-0.25, -0.2) is 4.98 Å². The van der Waals surface area contributed by atoms with Gasteiger partial charge in [0.15, 0.2) is 0 Å². The van der Waals surface area contributed by atoms with E-state index in [4.69, 9.17) is 5.73 Å². The lowest BCUT2D eigenvalue weighted by Crippen LogP contribution is -2.38. The summed E-state index contributed by atoms with van der Waals surface area (Å²) in [4.78, 5) is 5.90. The average Bonchev–Trinajstić information content (AvgIpc) is 2.38. The summed E-state index contributed by atoms with van der Waals surface area (Å²) in [5.41, 5.74) is 4.92. The van der Waals surface area contributed by atoms with Crippen LogP contribution >= 0.6 is 0 Å². The van der Waals surface area contributed by atoms with E-state index >= 15 is 0 Å². The molecule has 1 fully saturated rings. The molecule has 1 atom stereocenters. The summed E-state index contributed by atoms with van der Waals surface area (Å²) >= 11 is 0. The molecule has 2 N–H and O–H groups in total. The Morgan fingerprint density at radius 2 is 2.17 bits per heavy atom. The predicted octanol–water partition coefficient (Wildman–Crippen LogP) is 2.28. The first-order valence-electron chi connectivity index (χ1n) is 5.99. The Kier molecular flexibility index (Phi) is 3.75. The Morgan fingerprint density at radius 3 is 2.72 bits per heavy atom. The van der Waals surface area contributed by atoms with Crippen LogP contribution in [-0.4, -0.2) is 24.6 Å². The number of hydrogen-bond donors (Lipinski definition) is 1. The fourth-order valence-electron chi connectivity index (χ4n) is 2.21. The lowest BCUT2D eigenvalue weighted by atomic mass is 9.98. The van der Waals surface area contributed by atoms with Crippen molar-refractivity contribution < 1.29 is 13.2 Å². The first-order chi connectivity index (χ1) is 8.50. The zero-order valence-electron chi connectivity index (χ0n) is 9.95. The molecule has 0 saturated carbocycles. The van der Waals surface area contributed by atoms with Gasteiger partial charge < -0.3 is 10.6 Å². The lowest BCUT2D eigenvalue weighted by molar-refractivity contribution is -0.137. The van der Waals surface area contributed by atoms with E-state index < -0.39 is 11.7 Å². The van der Waals surface area contributed by atoms with Gasteiger partial charge in [0, 0.05) is 19.3 Å². The molecule has 18 heavy (non-hydrogen) atoms.